The third-order valence-corrected chi connectivity index (χ3v) is 7.90. The number of carboxylic acids is 1. The summed E-state index contributed by atoms with van der Waals surface area (Å²) in [5.74, 6) is 4.16. The van der Waals surface area contributed by atoms with E-state index in [0.717, 1.165) is 21.2 Å². The molecule has 1 amide bonds. The van der Waals surface area contributed by atoms with Gasteiger partial charge < -0.3 is 19.9 Å². The van der Waals surface area contributed by atoms with Crippen LogP contribution >= 0.6 is 0 Å². The Bertz CT molecular complexity index is 1590. The molecule has 0 spiro atoms. The third kappa shape index (κ3) is 7.97. The number of piperazine rings is 1. The first-order valence-electron chi connectivity index (χ1n) is 13.8. The third-order valence-electron chi connectivity index (χ3n) is 7.12. The molecule has 2 aromatic carbocycles. The van der Waals surface area contributed by atoms with Crippen LogP contribution in [0.2, 0.25) is 0 Å². The van der Waals surface area contributed by atoms with Gasteiger partial charge >= 0.3 is 5.97 Å². The smallest absolute Gasteiger partial charge is 0.323 e. The molecule has 2 heterocycles. The second-order valence-electron chi connectivity index (χ2n) is 10.5. The maximum atomic E-state index is 12.8. The molecular weight excluding hydrogens is 570 g/mol. The second-order valence-corrected chi connectivity index (χ2v) is 11.4. The highest BCUT2D eigenvalue weighted by molar-refractivity contribution is 7.76. The van der Waals surface area contributed by atoms with E-state index in [-0.39, 0.29) is 11.5 Å². The van der Waals surface area contributed by atoms with Crippen molar-refractivity contribution in [1.29, 1.82) is 0 Å². The largest absolute Gasteiger partial charge is 0.480 e. The maximum absolute atomic E-state index is 12.8. The van der Waals surface area contributed by atoms with Gasteiger partial charge in [0.2, 0.25) is 11.3 Å². The SMILES string of the molecule is CC(C)C(C(=O)O)N(N1CCN(c2ccc(C#Cc3cc(C(=O)NCc4ccccc4)c(=O)n(C)c3)cc2)CC1)S(=O)O. The molecule has 1 aliphatic rings. The highest BCUT2D eigenvalue weighted by atomic mass is 32.2. The number of amides is 1. The predicted octanol–water partition coefficient (Wildman–Crippen LogP) is 2.30. The van der Waals surface area contributed by atoms with E-state index < -0.39 is 34.7 Å². The van der Waals surface area contributed by atoms with Crippen LogP contribution in [0.25, 0.3) is 0 Å². The van der Waals surface area contributed by atoms with Gasteiger partial charge in [0.15, 0.2) is 0 Å². The highest BCUT2D eigenvalue weighted by Gasteiger charge is 2.38. The molecule has 226 valence electrons. The molecule has 1 aliphatic heterocycles. The number of aryl methyl sites for hydroxylation is 1. The van der Waals surface area contributed by atoms with Crippen LogP contribution in [-0.4, -0.2) is 72.0 Å². The first kappa shape index (κ1) is 31.7. The van der Waals surface area contributed by atoms with Crippen molar-refractivity contribution in [2.75, 3.05) is 31.1 Å². The van der Waals surface area contributed by atoms with E-state index in [1.54, 1.807) is 32.1 Å². The lowest BCUT2D eigenvalue weighted by molar-refractivity contribution is -0.148. The molecule has 12 heteroatoms. The molecule has 3 N–H and O–H groups in total. The zero-order valence-electron chi connectivity index (χ0n) is 24.3. The maximum Gasteiger partial charge on any atom is 0.323 e. The van der Waals surface area contributed by atoms with Crippen LogP contribution in [0.15, 0.2) is 71.7 Å². The standard InChI is InChI=1S/C31H35N5O6S/c1-22(2)28(31(39)40)36(43(41)42)35-17-15-34(16-18-35)26-13-11-23(12-14-26)9-10-25-19-27(30(38)33(3)21-25)29(37)32-20-24-7-5-4-6-8-24/h4-8,11-14,19,21-22,28H,15-18,20H2,1-3H3,(H,32,37)(H,39,40)(H,41,42). The zero-order valence-corrected chi connectivity index (χ0v) is 25.1. The van der Waals surface area contributed by atoms with Crippen molar-refractivity contribution in [3.63, 3.8) is 0 Å². The summed E-state index contributed by atoms with van der Waals surface area (Å²) in [6, 6.07) is 17.4. The molecule has 11 nitrogen and oxygen atoms in total. The number of pyridine rings is 1. The molecule has 1 saturated heterocycles. The monoisotopic (exact) mass is 605 g/mol. The molecule has 1 fully saturated rings. The number of carboxylic acid groups (broad SMARTS) is 1. The van der Waals surface area contributed by atoms with E-state index in [1.807, 2.05) is 54.6 Å². The van der Waals surface area contributed by atoms with Gasteiger partial charge in [0.25, 0.3) is 11.5 Å². The van der Waals surface area contributed by atoms with E-state index in [2.05, 4.69) is 22.1 Å². The number of carbonyl (C=O) groups excluding carboxylic acids is 1. The topological polar surface area (TPSA) is 135 Å². The van der Waals surface area contributed by atoms with Gasteiger partial charge in [-0.05, 0) is 41.8 Å². The molecule has 0 radical (unpaired) electrons. The average molecular weight is 606 g/mol. The number of rotatable bonds is 9. The van der Waals surface area contributed by atoms with E-state index in [1.165, 1.54) is 10.6 Å². The summed E-state index contributed by atoms with van der Waals surface area (Å²) in [5.41, 5.74) is 2.76. The fourth-order valence-corrected chi connectivity index (χ4v) is 5.76. The number of aromatic nitrogens is 1. The molecule has 43 heavy (non-hydrogen) atoms. The summed E-state index contributed by atoms with van der Waals surface area (Å²) in [6.45, 7) is 5.58. The lowest BCUT2D eigenvalue weighted by Crippen LogP contribution is -2.60. The van der Waals surface area contributed by atoms with E-state index >= 15 is 0 Å². The van der Waals surface area contributed by atoms with Crippen LogP contribution in [0.5, 0.6) is 0 Å². The van der Waals surface area contributed by atoms with E-state index in [4.69, 9.17) is 0 Å². The van der Waals surface area contributed by atoms with Gasteiger partial charge in [-0.3, -0.25) is 18.9 Å². The van der Waals surface area contributed by atoms with Crippen LogP contribution in [0.4, 0.5) is 5.69 Å². The van der Waals surface area contributed by atoms with E-state index in [9.17, 15) is 28.3 Å². The Morgan fingerprint density at radius 1 is 1.00 bits per heavy atom. The quantitative estimate of drug-likeness (QED) is 0.250. The summed E-state index contributed by atoms with van der Waals surface area (Å²) in [5, 5.41) is 14.0. The number of benzene rings is 2. The number of nitrogens with zero attached hydrogens (tertiary/aromatic N) is 4. The van der Waals surface area contributed by atoms with Crippen molar-refractivity contribution < 1.29 is 23.5 Å². The summed E-state index contributed by atoms with van der Waals surface area (Å²) >= 11 is -2.46. The van der Waals surface area contributed by atoms with Crippen LogP contribution in [0.3, 0.4) is 0 Å². The summed E-state index contributed by atoms with van der Waals surface area (Å²) < 4.78 is 24.3. The number of nitrogens with one attached hydrogen (secondary N) is 1. The minimum absolute atomic E-state index is 0.0198. The van der Waals surface area contributed by atoms with Crippen molar-refractivity contribution in [1.82, 2.24) is 19.3 Å². The number of hydrazine groups is 1. The number of anilines is 1. The van der Waals surface area contributed by atoms with Crippen LogP contribution < -0.4 is 15.8 Å². The molecule has 0 bridgehead atoms. The minimum Gasteiger partial charge on any atom is -0.480 e. The number of hydrogen-bond donors (Lipinski definition) is 3. The molecular formula is C31H35N5O6S. The minimum atomic E-state index is -2.46. The first-order valence-corrected chi connectivity index (χ1v) is 14.9. The Morgan fingerprint density at radius 3 is 2.21 bits per heavy atom. The van der Waals surface area contributed by atoms with Crippen LogP contribution in [-0.2, 0) is 29.7 Å². The molecule has 0 saturated carbocycles. The molecule has 3 aromatic rings. The zero-order chi connectivity index (χ0) is 31.1. The Morgan fingerprint density at radius 2 is 1.63 bits per heavy atom. The van der Waals surface area contributed by atoms with Crippen molar-refractivity contribution in [3.8, 4) is 11.8 Å². The Hall–Kier alpha value is -4.28. The molecule has 1 aromatic heterocycles. The molecule has 2 unspecified atom stereocenters. The number of carbonyl (C=O) groups is 2. The highest BCUT2D eigenvalue weighted by Crippen LogP contribution is 2.21. The van der Waals surface area contributed by atoms with E-state index in [0.29, 0.717) is 38.3 Å². The Balaban J connectivity index is 1.41. The fraction of sp³-hybridized carbons (Fsp3) is 0.323. The van der Waals surface area contributed by atoms with Gasteiger partial charge in [-0.25, -0.2) is 9.22 Å². The normalized spacial score (nSPS) is 15.1. The van der Waals surface area contributed by atoms with Gasteiger partial charge in [0, 0.05) is 62.8 Å². The average Bonchev–Trinajstić information content (AvgIpc) is 2.99. The van der Waals surface area contributed by atoms with Gasteiger partial charge in [-0.2, -0.15) is 0 Å². The lowest BCUT2D eigenvalue weighted by atomic mass is 10.1. The number of aliphatic carboxylic acids is 1. The summed E-state index contributed by atoms with van der Waals surface area (Å²) in [4.78, 5) is 39.3. The van der Waals surface area contributed by atoms with Crippen molar-refractivity contribution in [2.45, 2.75) is 26.4 Å². The molecule has 0 aliphatic carbocycles. The van der Waals surface area contributed by atoms with Crippen molar-refractivity contribution in [3.05, 3.63) is 99.5 Å². The first-order chi connectivity index (χ1) is 20.5. The van der Waals surface area contributed by atoms with Gasteiger partial charge in [0.05, 0.1) is 0 Å². The van der Waals surface area contributed by atoms with Gasteiger partial charge in [0.1, 0.15) is 11.6 Å². The summed E-state index contributed by atoms with van der Waals surface area (Å²) in [6.07, 6.45) is 1.59. The van der Waals surface area contributed by atoms with Crippen molar-refractivity contribution in [2.24, 2.45) is 13.0 Å². The van der Waals surface area contributed by atoms with Crippen molar-refractivity contribution >= 4 is 28.8 Å². The molecule has 4 rings (SSSR count). The van der Waals surface area contributed by atoms with Gasteiger partial charge in [-0.15, -0.1) is 4.41 Å². The summed E-state index contributed by atoms with van der Waals surface area (Å²) in [7, 11) is 1.58. The van der Waals surface area contributed by atoms with Gasteiger partial charge in [-0.1, -0.05) is 56.0 Å². The second kappa shape index (κ2) is 14.3. The van der Waals surface area contributed by atoms with Crippen LogP contribution in [0, 0.1) is 17.8 Å². The number of hydrogen-bond acceptors (Lipinski definition) is 6. The Labute approximate surface area is 253 Å². The molecule has 2 atom stereocenters. The Kier molecular flexibility index (Phi) is 10.5. The van der Waals surface area contributed by atoms with Crippen LogP contribution in [0.1, 0.15) is 40.9 Å². The lowest BCUT2D eigenvalue weighted by Gasteiger charge is -2.42. The fourth-order valence-electron chi connectivity index (χ4n) is 4.87. The predicted molar refractivity (Wildman–Crippen MR) is 164 cm³/mol.